The molecular weight excluding hydrogens is 392 g/mol. The minimum absolute atomic E-state index is 0.116. The lowest BCUT2D eigenvalue weighted by Gasteiger charge is -2.27. The molecule has 1 aliphatic rings. The van der Waals surface area contributed by atoms with Crippen molar-refractivity contribution >= 4 is 5.97 Å². The summed E-state index contributed by atoms with van der Waals surface area (Å²) >= 11 is 0. The first-order chi connectivity index (χ1) is 15.7. The van der Waals surface area contributed by atoms with E-state index in [9.17, 15) is 4.79 Å². The number of benzene rings is 2. The highest BCUT2D eigenvalue weighted by atomic mass is 16.5. The van der Waals surface area contributed by atoms with Crippen molar-refractivity contribution in [1.29, 1.82) is 0 Å². The number of carbonyl (C=O) groups excluding carboxylic acids is 1. The summed E-state index contributed by atoms with van der Waals surface area (Å²) in [6.07, 6.45) is 17.7. The molecule has 0 amide bonds. The summed E-state index contributed by atoms with van der Waals surface area (Å²) in [4.78, 5) is 13.1. The molecule has 32 heavy (non-hydrogen) atoms. The van der Waals surface area contributed by atoms with Crippen LogP contribution >= 0.6 is 0 Å². The molecule has 174 valence electrons. The summed E-state index contributed by atoms with van der Waals surface area (Å²) in [7, 11) is 0. The highest BCUT2D eigenvalue weighted by molar-refractivity contribution is 5.94. The van der Waals surface area contributed by atoms with Gasteiger partial charge in [-0.1, -0.05) is 127 Å². The second-order valence-corrected chi connectivity index (χ2v) is 9.52. The van der Waals surface area contributed by atoms with Crippen LogP contribution in [0, 0.1) is 0 Å². The molecule has 0 radical (unpaired) electrons. The fourth-order valence-corrected chi connectivity index (χ4v) is 5.07. The van der Waals surface area contributed by atoms with Gasteiger partial charge < -0.3 is 4.74 Å². The molecule has 2 heteroatoms. The normalized spacial score (nSPS) is 17.4. The molecule has 1 aliphatic heterocycles. The number of para-hydroxylation sites is 1. The van der Waals surface area contributed by atoms with E-state index in [0.717, 1.165) is 42.6 Å². The van der Waals surface area contributed by atoms with Gasteiger partial charge in [0.2, 0.25) is 0 Å². The SMILES string of the molecule is CCCCCCCCCCCCc1ccc(C2(CCCC)C(=O)Oc3ccccc32)cc1. The van der Waals surface area contributed by atoms with E-state index in [1.807, 2.05) is 18.2 Å². The van der Waals surface area contributed by atoms with Gasteiger partial charge in [-0.05, 0) is 36.5 Å². The number of unbranched alkanes of at least 4 members (excludes halogenated alkanes) is 10. The molecule has 0 N–H and O–H groups in total. The first-order valence-corrected chi connectivity index (χ1v) is 13.1. The van der Waals surface area contributed by atoms with Crippen molar-refractivity contribution in [2.75, 3.05) is 0 Å². The summed E-state index contributed by atoms with van der Waals surface area (Å²) in [5, 5.41) is 0. The van der Waals surface area contributed by atoms with Crippen LogP contribution in [0.2, 0.25) is 0 Å². The Morgan fingerprint density at radius 3 is 1.94 bits per heavy atom. The van der Waals surface area contributed by atoms with E-state index in [0.29, 0.717) is 0 Å². The fourth-order valence-electron chi connectivity index (χ4n) is 5.07. The van der Waals surface area contributed by atoms with Crippen LogP contribution in [0.3, 0.4) is 0 Å². The van der Waals surface area contributed by atoms with Crippen molar-refractivity contribution in [3.05, 3.63) is 65.2 Å². The Morgan fingerprint density at radius 1 is 0.688 bits per heavy atom. The fraction of sp³-hybridized carbons (Fsp3) is 0.567. The number of carbonyl (C=O) groups is 1. The van der Waals surface area contributed by atoms with Crippen molar-refractivity contribution < 1.29 is 9.53 Å². The predicted molar refractivity (Wildman–Crippen MR) is 134 cm³/mol. The van der Waals surface area contributed by atoms with E-state index >= 15 is 0 Å². The van der Waals surface area contributed by atoms with Crippen LogP contribution < -0.4 is 4.74 Å². The van der Waals surface area contributed by atoms with E-state index in [1.165, 1.54) is 69.8 Å². The van der Waals surface area contributed by atoms with Crippen molar-refractivity contribution in [2.24, 2.45) is 0 Å². The Kier molecular flexibility index (Phi) is 9.84. The Bertz CT molecular complexity index is 823. The smallest absolute Gasteiger partial charge is 0.326 e. The third-order valence-corrected chi connectivity index (χ3v) is 7.07. The Morgan fingerprint density at radius 2 is 1.28 bits per heavy atom. The molecule has 0 bridgehead atoms. The van der Waals surface area contributed by atoms with Crippen molar-refractivity contribution in [2.45, 2.75) is 109 Å². The molecule has 0 saturated heterocycles. The van der Waals surface area contributed by atoms with Gasteiger partial charge in [-0.15, -0.1) is 0 Å². The van der Waals surface area contributed by atoms with Gasteiger partial charge >= 0.3 is 5.97 Å². The Labute approximate surface area is 195 Å². The van der Waals surface area contributed by atoms with Crippen LogP contribution in [0.1, 0.15) is 114 Å². The molecule has 0 aliphatic carbocycles. The zero-order valence-corrected chi connectivity index (χ0v) is 20.3. The average Bonchev–Trinajstić information content (AvgIpc) is 3.11. The van der Waals surface area contributed by atoms with Gasteiger partial charge in [0.1, 0.15) is 11.2 Å². The predicted octanol–water partition coefficient (Wildman–Crippen LogP) is 8.55. The number of ether oxygens (including phenoxy) is 1. The molecule has 1 heterocycles. The molecule has 1 unspecified atom stereocenters. The minimum Gasteiger partial charge on any atom is -0.425 e. The lowest BCUT2D eigenvalue weighted by Crippen LogP contribution is -2.35. The zero-order valence-electron chi connectivity index (χ0n) is 20.3. The number of hydrogen-bond donors (Lipinski definition) is 0. The van der Waals surface area contributed by atoms with Crippen LogP contribution in [0.25, 0.3) is 0 Å². The lowest BCUT2D eigenvalue weighted by atomic mass is 9.72. The van der Waals surface area contributed by atoms with Gasteiger partial charge in [-0.25, -0.2) is 0 Å². The van der Waals surface area contributed by atoms with E-state index in [-0.39, 0.29) is 5.97 Å². The Balaban J connectivity index is 1.52. The maximum Gasteiger partial charge on any atom is 0.326 e. The van der Waals surface area contributed by atoms with Crippen LogP contribution in [-0.2, 0) is 16.6 Å². The molecule has 0 aromatic heterocycles. The topological polar surface area (TPSA) is 26.3 Å². The van der Waals surface area contributed by atoms with Gasteiger partial charge in [-0.3, -0.25) is 4.79 Å². The molecule has 0 fully saturated rings. The van der Waals surface area contributed by atoms with Crippen molar-refractivity contribution in [1.82, 2.24) is 0 Å². The third kappa shape index (κ3) is 6.03. The van der Waals surface area contributed by atoms with Crippen LogP contribution in [0.5, 0.6) is 5.75 Å². The number of esters is 1. The quantitative estimate of drug-likeness (QED) is 0.159. The van der Waals surface area contributed by atoms with Crippen LogP contribution in [0.4, 0.5) is 0 Å². The summed E-state index contributed by atoms with van der Waals surface area (Å²) < 4.78 is 5.70. The summed E-state index contributed by atoms with van der Waals surface area (Å²) in [6, 6.07) is 16.7. The Hall–Kier alpha value is -2.09. The number of hydrogen-bond acceptors (Lipinski definition) is 2. The van der Waals surface area contributed by atoms with E-state index in [2.05, 4.69) is 44.2 Å². The van der Waals surface area contributed by atoms with Gasteiger partial charge in [0.15, 0.2) is 0 Å². The lowest BCUT2D eigenvalue weighted by molar-refractivity contribution is -0.137. The van der Waals surface area contributed by atoms with E-state index in [4.69, 9.17) is 4.74 Å². The molecule has 2 aromatic rings. The summed E-state index contributed by atoms with van der Waals surface area (Å²) in [5.74, 6) is 0.609. The van der Waals surface area contributed by atoms with Crippen molar-refractivity contribution in [3.63, 3.8) is 0 Å². The van der Waals surface area contributed by atoms with E-state index < -0.39 is 5.41 Å². The number of rotatable bonds is 15. The summed E-state index contributed by atoms with van der Waals surface area (Å²) in [6.45, 7) is 4.45. The molecule has 2 nitrogen and oxygen atoms in total. The molecular formula is C30H42O2. The minimum atomic E-state index is -0.651. The van der Waals surface area contributed by atoms with Gasteiger partial charge in [0, 0.05) is 5.56 Å². The number of fused-ring (bicyclic) bond motifs is 1. The maximum absolute atomic E-state index is 13.1. The molecule has 2 aromatic carbocycles. The maximum atomic E-state index is 13.1. The summed E-state index contributed by atoms with van der Waals surface area (Å²) in [5.41, 5.74) is 2.83. The van der Waals surface area contributed by atoms with Gasteiger partial charge in [0.05, 0.1) is 0 Å². The first-order valence-electron chi connectivity index (χ1n) is 13.1. The third-order valence-electron chi connectivity index (χ3n) is 7.07. The highest BCUT2D eigenvalue weighted by Crippen LogP contribution is 2.47. The second kappa shape index (κ2) is 12.8. The highest BCUT2D eigenvalue weighted by Gasteiger charge is 2.49. The largest absolute Gasteiger partial charge is 0.425 e. The monoisotopic (exact) mass is 434 g/mol. The molecule has 3 rings (SSSR count). The van der Waals surface area contributed by atoms with Gasteiger partial charge in [0.25, 0.3) is 0 Å². The van der Waals surface area contributed by atoms with Gasteiger partial charge in [-0.2, -0.15) is 0 Å². The standard InChI is InChI=1S/C30H42O2/c1-3-5-7-8-9-10-11-12-13-14-17-25-20-22-26(23-21-25)30(24-6-4-2)27-18-15-16-19-28(27)32-29(30)31/h15-16,18-23H,3-14,17,24H2,1-2H3. The second-order valence-electron chi connectivity index (χ2n) is 9.52. The molecule has 0 spiro atoms. The average molecular weight is 435 g/mol. The van der Waals surface area contributed by atoms with Crippen LogP contribution in [0.15, 0.2) is 48.5 Å². The van der Waals surface area contributed by atoms with E-state index in [1.54, 1.807) is 0 Å². The van der Waals surface area contributed by atoms with Crippen molar-refractivity contribution in [3.8, 4) is 5.75 Å². The molecule has 1 atom stereocenters. The zero-order chi connectivity index (χ0) is 22.7. The van der Waals surface area contributed by atoms with Crippen LogP contribution in [-0.4, -0.2) is 5.97 Å². The molecule has 0 saturated carbocycles. The first kappa shape index (κ1) is 24.6. The number of aryl methyl sites for hydroxylation is 1.